The molecule has 0 aliphatic rings. The van der Waals surface area contributed by atoms with Crippen molar-refractivity contribution in [3.05, 3.63) is 0 Å². The molecule has 0 fully saturated rings. The van der Waals surface area contributed by atoms with E-state index in [0.29, 0.717) is 0 Å². The Balaban J connectivity index is -0.0000000292. The van der Waals surface area contributed by atoms with Gasteiger partial charge in [0.1, 0.15) is 0 Å². The molecule has 0 bridgehead atoms. The first-order chi connectivity index (χ1) is 5.00. The molecular formula is H6Ba2O9P2Ti+4. The third-order valence-corrected chi connectivity index (χ3v) is 0. The summed E-state index contributed by atoms with van der Waals surface area (Å²) in [7, 11) is -9.28. The molecule has 0 aromatic carbocycles. The molecule has 0 unspecified atom stereocenters. The Morgan fingerprint density at radius 2 is 0.643 bits per heavy atom. The van der Waals surface area contributed by atoms with Crippen LogP contribution in [0, 0.1) is 0 Å². The van der Waals surface area contributed by atoms with Crippen LogP contribution in [0.4, 0.5) is 0 Å². The second-order valence-corrected chi connectivity index (χ2v) is 3.08. The Labute approximate surface area is 171 Å². The van der Waals surface area contributed by atoms with Gasteiger partial charge in [0, 0.05) is 0 Å². The summed E-state index contributed by atoms with van der Waals surface area (Å²) in [5, 5.41) is 0. The molecule has 0 saturated heterocycles. The van der Waals surface area contributed by atoms with Gasteiger partial charge in [0.2, 0.25) is 0 Å². The molecule has 14 heavy (non-hydrogen) atoms. The summed E-state index contributed by atoms with van der Waals surface area (Å²) in [4.78, 5) is 43.1. The molecule has 0 atom stereocenters. The molecule has 0 saturated carbocycles. The topological polar surface area (TPSA) is 173 Å². The Morgan fingerprint density at radius 1 is 0.643 bits per heavy atom. The Bertz CT molecular complexity index is 145. The standard InChI is InChI=1S/2Ba.2H3O4P.O.Ti/c;;2*1-5(2,3)4;;/h;;2*(H3,1,2,3,4);;/q2*+2;;;;. The van der Waals surface area contributed by atoms with Crippen LogP contribution < -0.4 is 0 Å². The zero-order valence-corrected chi connectivity index (χ0v) is 18.9. The molecular weight excluding hydrogens is 528 g/mol. The third kappa shape index (κ3) is 234. The van der Waals surface area contributed by atoms with Gasteiger partial charge in [-0.3, -0.25) is 0 Å². The fourth-order valence-electron chi connectivity index (χ4n) is 0. The molecule has 74 valence electrons. The van der Waals surface area contributed by atoms with E-state index < -0.39 is 15.6 Å². The minimum atomic E-state index is -4.64. The van der Waals surface area contributed by atoms with Gasteiger partial charge in [-0.15, -0.1) is 0 Å². The average molecular weight is 535 g/mol. The van der Waals surface area contributed by atoms with E-state index in [4.69, 9.17) is 41.8 Å². The third-order valence-electron chi connectivity index (χ3n) is 0. The summed E-state index contributed by atoms with van der Waals surface area (Å²) in [5.41, 5.74) is 0. The molecule has 0 rings (SSSR count). The Morgan fingerprint density at radius 3 is 0.643 bits per heavy atom. The molecule has 0 aromatic rings. The molecule has 0 aromatic heterocycles. The fourth-order valence-corrected chi connectivity index (χ4v) is 0. The normalized spacial score (nSPS) is 8.64. The summed E-state index contributed by atoms with van der Waals surface area (Å²) >= 11 is 0.750. The SMILES string of the molecule is O=P(O)(O)O.O=P(O)(O)O.[Ba+2].[Ba+2].[O]=[Ti]. The van der Waals surface area contributed by atoms with Crippen LogP contribution in [0.15, 0.2) is 0 Å². The predicted molar refractivity (Wildman–Crippen MR) is 40.7 cm³/mol. The number of rotatable bonds is 0. The van der Waals surface area contributed by atoms with Crippen LogP contribution >= 0.6 is 15.6 Å². The summed E-state index contributed by atoms with van der Waals surface area (Å²) in [6, 6.07) is 0. The zero-order chi connectivity index (χ0) is 11.0. The second-order valence-electron chi connectivity index (χ2n) is 1.03. The van der Waals surface area contributed by atoms with Crippen LogP contribution in [0.5, 0.6) is 0 Å². The first-order valence-electron chi connectivity index (χ1n) is 1.77. The zero-order valence-electron chi connectivity index (χ0n) is 6.72. The van der Waals surface area contributed by atoms with Crippen molar-refractivity contribution >= 4 is 113 Å². The van der Waals surface area contributed by atoms with Crippen molar-refractivity contribution in [2.24, 2.45) is 0 Å². The van der Waals surface area contributed by atoms with Crippen LogP contribution in [0.3, 0.4) is 0 Å². The van der Waals surface area contributed by atoms with E-state index in [1.54, 1.807) is 0 Å². The van der Waals surface area contributed by atoms with Crippen LogP contribution in [-0.4, -0.2) is 127 Å². The van der Waals surface area contributed by atoms with Crippen molar-refractivity contribution < 1.29 is 62.2 Å². The van der Waals surface area contributed by atoms with E-state index in [2.05, 4.69) is 0 Å². The van der Waals surface area contributed by atoms with Gasteiger partial charge in [-0.05, 0) is 0 Å². The second kappa shape index (κ2) is 16.9. The number of hydrogen-bond acceptors (Lipinski definition) is 3. The van der Waals surface area contributed by atoms with Crippen LogP contribution in [0.1, 0.15) is 0 Å². The van der Waals surface area contributed by atoms with Gasteiger partial charge < -0.3 is 29.4 Å². The number of hydrogen-bond donors (Lipinski definition) is 6. The van der Waals surface area contributed by atoms with Gasteiger partial charge in [-0.2, -0.15) is 0 Å². The first kappa shape index (κ1) is 30.7. The van der Waals surface area contributed by atoms with E-state index in [1.807, 2.05) is 0 Å². The summed E-state index contributed by atoms with van der Waals surface area (Å²) in [6.07, 6.45) is 0. The van der Waals surface area contributed by atoms with Crippen LogP contribution in [0.25, 0.3) is 0 Å². The minimum absolute atomic E-state index is 0. The van der Waals surface area contributed by atoms with Crippen LogP contribution in [0.2, 0.25) is 0 Å². The van der Waals surface area contributed by atoms with Crippen molar-refractivity contribution in [3.8, 4) is 0 Å². The van der Waals surface area contributed by atoms with Crippen molar-refractivity contribution in [2.75, 3.05) is 0 Å². The van der Waals surface area contributed by atoms with Gasteiger partial charge in [-0.25, -0.2) is 9.13 Å². The molecule has 6 N–H and O–H groups in total. The molecule has 9 nitrogen and oxygen atoms in total. The fraction of sp³-hybridized carbons (Fsp3) is 0. The van der Waals surface area contributed by atoms with Crippen molar-refractivity contribution in [2.45, 2.75) is 0 Å². The molecule has 0 aliphatic carbocycles. The maximum atomic E-state index is 8.88. The van der Waals surface area contributed by atoms with Gasteiger partial charge in [-0.1, -0.05) is 0 Å². The molecule has 0 aliphatic heterocycles. The van der Waals surface area contributed by atoms with E-state index in [0.717, 1.165) is 20.4 Å². The summed E-state index contributed by atoms with van der Waals surface area (Å²) in [6.45, 7) is 0. The van der Waals surface area contributed by atoms with E-state index in [-0.39, 0.29) is 97.8 Å². The molecule has 0 spiro atoms. The van der Waals surface area contributed by atoms with Crippen molar-refractivity contribution in [3.63, 3.8) is 0 Å². The average Bonchev–Trinajstić information content (AvgIpc) is 1.59. The molecule has 0 heterocycles. The number of phosphoric acid groups is 2. The summed E-state index contributed by atoms with van der Waals surface area (Å²) in [5.74, 6) is 0. The molecule has 0 amide bonds. The van der Waals surface area contributed by atoms with Crippen LogP contribution in [-0.2, 0) is 32.9 Å². The van der Waals surface area contributed by atoms with E-state index in [1.165, 1.54) is 0 Å². The van der Waals surface area contributed by atoms with Gasteiger partial charge in [0.05, 0.1) is 0 Å². The van der Waals surface area contributed by atoms with Gasteiger partial charge >= 0.3 is 137 Å². The maximum absolute atomic E-state index is 8.88. The van der Waals surface area contributed by atoms with E-state index in [9.17, 15) is 0 Å². The van der Waals surface area contributed by atoms with E-state index >= 15 is 0 Å². The Hall–Kier alpha value is 3.88. The van der Waals surface area contributed by atoms with Gasteiger partial charge in [0.25, 0.3) is 0 Å². The first-order valence-corrected chi connectivity index (χ1v) is 5.54. The quantitative estimate of drug-likeness (QED) is 0.142. The van der Waals surface area contributed by atoms with Crippen molar-refractivity contribution in [1.29, 1.82) is 0 Å². The van der Waals surface area contributed by atoms with Crippen molar-refractivity contribution in [1.82, 2.24) is 0 Å². The monoisotopic (exact) mass is 536 g/mol. The Kier molecular flexibility index (Phi) is 37.0. The molecule has 14 heteroatoms. The molecule has 0 radical (unpaired) electrons. The predicted octanol–water partition coefficient (Wildman–Crippen LogP) is -2.74. The van der Waals surface area contributed by atoms with Gasteiger partial charge in [0.15, 0.2) is 0 Å². The summed E-state index contributed by atoms with van der Waals surface area (Å²) < 4.78 is 26.0.